The van der Waals surface area contributed by atoms with Crippen molar-refractivity contribution >= 4 is 5.97 Å². The molecule has 0 heterocycles. The van der Waals surface area contributed by atoms with Crippen molar-refractivity contribution in [1.82, 2.24) is 0 Å². The third-order valence-electron chi connectivity index (χ3n) is 3.87. The van der Waals surface area contributed by atoms with Gasteiger partial charge in [0.25, 0.3) is 0 Å². The normalized spacial score (nSPS) is 12.4. The Kier molecular flexibility index (Phi) is 13.5. The Morgan fingerprint density at radius 2 is 1.42 bits per heavy atom. The van der Waals surface area contributed by atoms with Crippen LogP contribution < -0.4 is 0 Å². The van der Waals surface area contributed by atoms with Crippen molar-refractivity contribution in [3.05, 3.63) is 0 Å². The van der Waals surface area contributed by atoms with Gasteiger partial charge in [-0.05, 0) is 12.3 Å². The molecule has 0 fully saturated rings. The predicted octanol–water partition coefficient (Wildman–Crippen LogP) is 5.50. The van der Waals surface area contributed by atoms with Gasteiger partial charge in [-0.15, -0.1) is 0 Å². The smallest absolute Gasteiger partial charge is 0.305 e. The Balaban J connectivity index is 3.18. The van der Waals surface area contributed by atoms with Crippen LogP contribution in [0.2, 0.25) is 0 Å². The molecule has 0 aromatic heterocycles. The molecule has 0 aliphatic rings. The van der Waals surface area contributed by atoms with Crippen molar-refractivity contribution in [2.45, 2.75) is 90.9 Å². The third-order valence-corrected chi connectivity index (χ3v) is 3.87. The molecule has 0 aliphatic heterocycles. The summed E-state index contributed by atoms with van der Waals surface area (Å²) >= 11 is 0. The second-order valence-corrected chi connectivity index (χ2v) is 5.84. The maximum absolute atomic E-state index is 11.0. The van der Waals surface area contributed by atoms with Gasteiger partial charge in [-0.25, -0.2) is 0 Å². The van der Waals surface area contributed by atoms with Crippen LogP contribution in [0.15, 0.2) is 0 Å². The summed E-state index contributed by atoms with van der Waals surface area (Å²) in [5, 5.41) is 0. The van der Waals surface area contributed by atoms with Gasteiger partial charge < -0.3 is 4.74 Å². The highest BCUT2D eigenvalue weighted by Crippen LogP contribution is 2.16. The molecule has 0 aliphatic carbocycles. The lowest BCUT2D eigenvalue weighted by atomic mass is 9.97. The van der Waals surface area contributed by atoms with E-state index in [1.165, 1.54) is 71.3 Å². The molecule has 0 aromatic carbocycles. The summed E-state index contributed by atoms with van der Waals surface area (Å²) in [5.41, 5.74) is 0. The lowest BCUT2D eigenvalue weighted by molar-refractivity contribution is -0.140. The summed E-state index contributed by atoms with van der Waals surface area (Å²) in [6.45, 7) is 4.51. The molecule has 0 saturated carbocycles. The molecular formula is C17H34O2. The monoisotopic (exact) mass is 270 g/mol. The average molecular weight is 270 g/mol. The first kappa shape index (κ1) is 18.5. The molecule has 114 valence electrons. The zero-order valence-corrected chi connectivity index (χ0v) is 13.4. The Hall–Kier alpha value is -0.530. The van der Waals surface area contributed by atoms with Gasteiger partial charge in [-0.1, -0.05) is 78.1 Å². The number of esters is 1. The molecule has 2 nitrogen and oxygen atoms in total. The number of unbranched alkanes of at least 4 members (excludes halogenated alkanes) is 8. The highest BCUT2D eigenvalue weighted by molar-refractivity contribution is 5.69. The molecule has 1 atom stereocenters. The van der Waals surface area contributed by atoms with Crippen LogP contribution in [0.4, 0.5) is 0 Å². The van der Waals surface area contributed by atoms with Gasteiger partial charge in [0.1, 0.15) is 0 Å². The first-order valence-electron chi connectivity index (χ1n) is 8.27. The van der Waals surface area contributed by atoms with Crippen LogP contribution >= 0.6 is 0 Å². The van der Waals surface area contributed by atoms with Crippen molar-refractivity contribution in [3.8, 4) is 0 Å². The molecule has 0 amide bonds. The van der Waals surface area contributed by atoms with E-state index in [-0.39, 0.29) is 5.97 Å². The first-order chi connectivity index (χ1) is 9.20. The van der Waals surface area contributed by atoms with Crippen molar-refractivity contribution in [3.63, 3.8) is 0 Å². The topological polar surface area (TPSA) is 26.3 Å². The van der Waals surface area contributed by atoms with Gasteiger partial charge in [0.2, 0.25) is 0 Å². The zero-order chi connectivity index (χ0) is 14.3. The number of carbonyl (C=O) groups excluding carboxylic acids is 1. The molecule has 19 heavy (non-hydrogen) atoms. The van der Waals surface area contributed by atoms with Gasteiger partial charge in [-0.3, -0.25) is 4.79 Å². The van der Waals surface area contributed by atoms with E-state index >= 15 is 0 Å². The standard InChI is InChI=1S/C17H34O2/c1-4-5-6-7-8-9-10-11-12-13-16(2)14-15-17(18)19-3/h16H,4-15H2,1-3H3. The third kappa shape index (κ3) is 13.7. The van der Waals surface area contributed by atoms with Crippen LogP contribution in [0.5, 0.6) is 0 Å². The van der Waals surface area contributed by atoms with E-state index in [1.807, 2.05) is 0 Å². The van der Waals surface area contributed by atoms with E-state index < -0.39 is 0 Å². The van der Waals surface area contributed by atoms with Crippen molar-refractivity contribution in [1.29, 1.82) is 0 Å². The fraction of sp³-hybridized carbons (Fsp3) is 0.941. The minimum Gasteiger partial charge on any atom is -0.469 e. The highest BCUT2D eigenvalue weighted by Gasteiger charge is 2.06. The second kappa shape index (κ2) is 13.9. The Morgan fingerprint density at radius 1 is 0.895 bits per heavy atom. The number of hydrogen-bond acceptors (Lipinski definition) is 2. The Morgan fingerprint density at radius 3 is 1.95 bits per heavy atom. The summed E-state index contributed by atoms with van der Waals surface area (Å²) in [6, 6.07) is 0. The summed E-state index contributed by atoms with van der Waals surface area (Å²) in [7, 11) is 1.47. The van der Waals surface area contributed by atoms with Crippen LogP contribution in [-0.4, -0.2) is 13.1 Å². The largest absolute Gasteiger partial charge is 0.469 e. The second-order valence-electron chi connectivity index (χ2n) is 5.84. The van der Waals surface area contributed by atoms with E-state index in [0.29, 0.717) is 12.3 Å². The van der Waals surface area contributed by atoms with E-state index in [0.717, 1.165) is 6.42 Å². The number of rotatable bonds is 13. The van der Waals surface area contributed by atoms with Crippen molar-refractivity contribution < 1.29 is 9.53 Å². The van der Waals surface area contributed by atoms with Gasteiger partial charge in [0.15, 0.2) is 0 Å². The van der Waals surface area contributed by atoms with Crippen LogP contribution in [-0.2, 0) is 9.53 Å². The summed E-state index contributed by atoms with van der Waals surface area (Å²) in [4.78, 5) is 11.0. The molecule has 0 saturated heterocycles. The molecule has 1 unspecified atom stereocenters. The first-order valence-corrected chi connectivity index (χ1v) is 8.27. The minimum atomic E-state index is -0.0704. The summed E-state index contributed by atoms with van der Waals surface area (Å²) < 4.78 is 4.66. The summed E-state index contributed by atoms with van der Waals surface area (Å²) in [6.07, 6.45) is 15.3. The molecule has 0 bridgehead atoms. The molecule has 0 rings (SSSR count). The van der Waals surface area contributed by atoms with Crippen LogP contribution in [0.1, 0.15) is 90.9 Å². The molecule has 0 radical (unpaired) electrons. The fourth-order valence-corrected chi connectivity index (χ4v) is 2.41. The lowest BCUT2D eigenvalue weighted by Gasteiger charge is -2.10. The highest BCUT2D eigenvalue weighted by atomic mass is 16.5. The minimum absolute atomic E-state index is 0.0704. The number of ether oxygens (including phenoxy) is 1. The maximum Gasteiger partial charge on any atom is 0.305 e. The van der Waals surface area contributed by atoms with E-state index in [1.54, 1.807) is 0 Å². The van der Waals surface area contributed by atoms with Gasteiger partial charge >= 0.3 is 5.97 Å². The summed E-state index contributed by atoms with van der Waals surface area (Å²) in [5.74, 6) is 0.586. The van der Waals surface area contributed by atoms with E-state index in [4.69, 9.17) is 0 Å². The number of methoxy groups -OCH3 is 1. The van der Waals surface area contributed by atoms with Gasteiger partial charge in [-0.2, -0.15) is 0 Å². The molecule has 0 spiro atoms. The van der Waals surface area contributed by atoms with Gasteiger partial charge in [0, 0.05) is 6.42 Å². The fourth-order valence-electron chi connectivity index (χ4n) is 2.41. The van der Waals surface area contributed by atoms with Crippen molar-refractivity contribution in [2.24, 2.45) is 5.92 Å². The van der Waals surface area contributed by atoms with Crippen LogP contribution in [0, 0.1) is 5.92 Å². The maximum atomic E-state index is 11.0. The Bertz CT molecular complexity index is 201. The predicted molar refractivity (Wildman–Crippen MR) is 82.3 cm³/mol. The molecule has 2 heteroatoms. The molecule has 0 N–H and O–H groups in total. The van der Waals surface area contributed by atoms with Crippen LogP contribution in [0.3, 0.4) is 0 Å². The molecule has 0 aromatic rings. The number of carbonyl (C=O) groups is 1. The van der Waals surface area contributed by atoms with Gasteiger partial charge in [0.05, 0.1) is 7.11 Å². The average Bonchev–Trinajstić information content (AvgIpc) is 2.42. The zero-order valence-electron chi connectivity index (χ0n) is 13.4. The van der Waals surface area contributed by atoms with E-state index in [2.05, 4.69) is 18.6 Å². The quantitative estimate of drug-likeness (QED) is 0.326. The molecular weight excluding hydrogens is 236 g/mol. The van der Waals surface area contributed by atoms with E-state index in [9.17, 15) is 4.79 Å². The van der Waals surface area contributed by atoms with Crippen molar-refractivity contribution in [2.75, 3.05) is 7.11 Å². The lowest BCUT2D eigenvalue weighted by Crippen LogP contribution is -2.04. The SMILES string of the molecule is CCCCCCCCCCCC(C)CCC(=O)OC. The Labute approximate surface area is 120 Å². The number of hydrogen-bond donors (Lipinski definition) is 0. The van der Waals surface area contributed by atoms with Crippen LogP contribution in [0.25, 0.3) is 0 Å².